The summed E-state index contributed by atoms with van der Waals surface area (Å²) in [5.74, 6) is -0.237. The quantitative estimate of drug-likeness (QED) is 0.748. The predicted octanol–water partition coefficient (Wildman–Crippen LogP) is 2.30. The van der Waals surface area contributed by atoms with E-state index in [1.165, 1.54) is 11.6 Å². The van der Waals surface area contributed by atoms with Crippen molar-refractivity contribution in [3.63, 3.8) is 0 Å². The number of hydrogen-bond donors (Lipinski definition) is 0. The first kappa shape index (κ1) is 11.7. The number of anilines is 1. The van der Waals surface area contributed by atoms with Gasteiger partial charge in [-0.25, -0.2) is 4.79 Å². The fraction of sp³-hybridized carbons (Fsp3) is 0.357. The summed E-state index contributed by atoms with van der Waals surface area (Å²) in [6.07, 6.45) is 4.11. The summed E-state index contributed by atoms with van der Waals surface area (Å²) < 4.78 is 5.24. The Balaban J connectivity index is 1.99. The minimum atomic E-state index is -0.237. The fourth-order valence-corrected chi connectivity index (χ4v) is 1.96. The van der Waals surface area contributed by atoms with Gasteiger partial charge >= 0.3 is 5.97 Å². The smallest absolute Gasteiger partial charge is 0.330 e. The van der Waals surface area contributed by atoms with E-state index >= 15 is 0 Å². The zero-order valence-electron chi connectivity index (χ0n) is 10.2. The molecule has 2 rings (SSSR count). The first-order valence-electron chi connectivity index (χ1n) is 5.80. The van der Waals surface area contributed by atoms with Crippen LogP contribution in [-0.2, 0) is 9.53 Å². The summed E-state index contributed by atoms with van der Waals surface area (Å²) in [6.45, 7) is 2.79. The van der Waals surface area contributed by atoms with Crippen LogP contribution in [0.2, 0.25) is 0 Å². The number of carbonyl (C=O) groups excluding carboxylic acids is 1. The number of cyclic esters (lactones) is 1. The number of hydrogen-bond acceptors (Lipinski definition) is 3. The molecule has 3 nitrogen and oxygen atoms in total. The van der Waals surface area contributed by atoms with Crippen LogP contribution in [0.3, 0.4) is 0 Å². The Hall–Kier alpha value is -1.77. The third kappa shape index (κ3) is 3.09. The number of nitrogens with zero attached hydrogens (tertiary/aromatic N) is 1. The fourth-order valence-electron chi connectivity index (χ4n) is 1.96. The summed E-state index contributed by atoms with van der Waals surface area (Å²) >= 11 is 0. The van der Waals surface area contributed by atoms with Gasteiger partial charge in [0.25, 0.3) is 0 Å². The van der Waals surface area contributed by atoms with Gasteiger partial charge < -0.3 is 9.64 Å². The Morgan fingerprint density at radius 2 is 2.29 bits per heavy atom. The molecule has 0 N–H and O–H groups in total. The van der Waals surface area contributed by atoms with Crippen molar-refractivity contribution in [3.8, 4) is 0 Å². The lowest BCUT2D eigenvalue weighted by molar-refractivity contribution is -0.143. The molecule has 0 saturated carbocycles. The lowest BCUT2D eigenvalue weighted by Crippen LogP contribution is -2.33. The molecule has 1 aliphatic heterocycles. The Morgan fingerprint density at radius 1 is 1.47 bits per heavy atom. The molecule has 0 amide bonds. The molecule has 0 bridgehead atoms. The van der Waals surface area contributed by atoms with Crippen LogP contribution in [0.4, 0.5) is 5.69 Å². The zero-order valence-corrected chi connectivity index (χ0v) is 10.2. The van der Waals surface area contributed by atoms with Crippen molar-refractivity contribution in [1.29, 1.82) is 0 Å². The topological polar surface area (TPSA) is 29.5 Å². The van der Waals surface area contributed by atoms with E-state index in [0.29, 0.717) is 0 Å². The molecule has 0 unspecified atom stereocenters. The number of carbonyl (C=O) groups is 1. The molecule has 1 aromatic carbocycles. The van der Waals surface area contributed by atoms with Crippen molar-refractivity contribution < 1.29 is 9.53 Å². The Kier molecular flexibility index (Phi) is 3.47. The van der Waals surface area contributed by atoms with E-state index in [0.717, 1.165) is 18.7 Å². The summed E-state index contributed by atoms with van der Waals surface area (Å²) in [4.78, 5) is 13.2. The minimum absolute atomic E-state index is 0.0435. The number of rotatable bonds is 3. The maximum Gasteiger partial charge on any atom is 0.330 e. The SMILES string of the molecule is Cc1cccc(N(C)C[C@H]2CC=CC(=O)O2)c1. The van der Waals surface area contributed by atoms with Crippen molar-refractivity contribution in [3.05, 3.63) is 42.0 Å². The van der Waals surface area contributed by atoms with Crippen LogP contribution >= 0.6 is 0 Å². The van der Waals surface area contributed by atoms with Crippen LogP contribution < -0.4 is 4.90 Å². The van der Waals surface area contributed by atoms with Crippen molar-refractivity contribution >= 4 is 11.7 Å². The molecule has 0 saturated heterocycles. The summed E-state index contributed by atoms with van der Waals surface area (Å²) in [6, 6.07) is 8.29. The van der Waals surface area contributed by atoms with Gasteiger partial charge in [0.2, 0.25) is 0 Å². The Bertz CT molecular complexity index is 440. The standard InChI is InChI=1S/C14H17NO2/c1-11-5-3-6-12(9-11)15(2)10-13-7-4-8-14(16)17-13/h3-6,8-9,13H,7,10H2,1-2H3/t13-/m1/s1. The lowest BCUT2D eigenvalue weighted by Gasteiger charge is -2.26. The number of benzene rings is 1. The lowest BCUT2D eigenvalue weighted by atomic mass is 10.1. The third-order valence-corrected chi connectivity index (χ3v) is 2.86. The maximum absolute atomic E-state index is 11.1. The van der Waals surface area contributed by atoms with Crippen molar-refractivity contribution in [2.24, 2.45) is 0 Å². The second-order valence-corrected chi connectivity index (χ2v) is 4.42. The molecular formula is C14H17NO2. The second kappa shape index (κ2) is 5.04. The minimum Gasteiger partial charge on any atom is -0.457 e. The number of likely N-dealkylation sites (N-methyl/N-ethyl adjacent to an activating group) is 1. The Labute approximate surface area is 102 Å². The largest absolute Gasteiger partial charge is 0.457 e. The van der Waals surface area contributed by atoms with Crippen LogP contribution in [-0.4, -0.2) is 25.7 Å². The third-order valence-electron chi connectivity index (χ3n) is 2.86. The molecule has 1 heterocycles. The van der Waals surface area contributed by atoms with E-state index in [1.807, 2.05) is 19.2 Å². The van der Waals surface area contributed by atoms with E-state index in [4.69, 9.17) is 4.74 Å². The summed E-state index contributed by atoms with van der Waals surface area (Å²) in [5, 5.41) is 0. The highest BCUT2D eigenvalue weighted by Crippen LogP contribution is 2.17. The average molecular weight is 231 g/mol. The first-order valence-corrected chi connectivity index (χ1v) is 5.80. The highest BCUT2D eigenvalue weighted by atomic mass is 16.5. The van der Waals surface area contributed by atoms with Crippen molar-refractivity contribution in [1.82, 2.24) is 0 Å². The van der Waals surface area contributed by atoms with E-state index in [-0.39, 0.29) is 12.1 Å². The highest BCUT2D eigenvalue weighted by Gasteiger charge is 2.17. The predicted molar refractivity (Wildman–Crippen MR) is 68.1 cm³/mol. The van der Waals surface area contributed by atoms with Crippen LogP contribution in [0, 0.1) is 6.92 Å². The van der Waals surface area contributed by atoms with Gasteiger partial charge in [0, 0.05) is 25.2 Å². The molecule has 17 heavy (non-hydrogen) atoms. The number of esters is 1. The average Bonchev–Trinajstić information content (AvgIpc) is 2.29. The van der Waals surface area contributed by atoms with Crippen LogP contribution in [0.15, 0.2) is 36.4 Å². The van der Waals surface area contributed by atoms with Crippen molar-refractivity contribution in [2.45, 2.75) is 19.4 Å². The molecule has 0 fully saturated rings. The van der Waals surface area contributed by atoms with E-state index < -0.39 is 0 Å². The maximum atomic E-state index is 11.1. The molecule has 0 radical (unpaired) electrons. The van der Waals surface area contributed by atoms with Gasteiger partial charge in [0.05, 0.1) is 6.54 Å². The molecule has 3 heteroatoms. The van der Waals surface area contributed by atoms with Gasteiger partial charge in [-0.1, -0.05) is 18.2 Å². The molecule has 1 atom stereocenters. The molecule has 1 aromatic rings. The number of ether oxygens (including phenoxy) is 1. The van der Waals surface area contributed by atoms with Crippen LogP contribution in [0.25, 0.3) is 0 Å². The van der Waals surface area contributed by atoms with Gasteiger partial charge in [-0.2, -0.15) is 0 Å². The summed E-state index contributed by atoms with van der Waals surface area (Å²) in [7, 11) is 2.01. The summed E-state index contributed by atoms with van der Waals surface area (Å²) in [5.41, 5.74) is 2.38. The van der Waals surface area contributed by atoms with Gasteiger partial charge in [-0.3, -0.25) is 0 Å². The molecule has 0 spiro atoms. The number of aryl methyl sites for hydroxylation is 1. The molecule has 1 aliphatic rings. The van der Waals surface area contributed by atoms with E-state index in [1.54, 1.807) is 0 Å². The van der Waals surface area contributed by atoms with Gasteiger partial charge in [0.15, 0.2) is 0 Å². The monoisotopic (exact) mass is 231 g/mol. The second-order valence-electron chi connectivity index (χ2n) is 4.42. The van der Waals surface area contributed by atoms with E-state index in [9.17, 15) is 4.79 Å². The van der Waals surface area contributed by atoms with Crippen LogP contribution in [0.1, 0.15) is 12.0 Å². The van der Waals surface area contributed by atoms with E-state index in [2.05, 4.69) is 30.0 Å². The molecular weight excluding hydrogens is 214 g/mol. The normalized spacial score (nSPS) is 18.9. The van der Waals surface area contributed by atoms with Gasteiger partial charge in [0.1, 0.15) is 6.10 Å². The molecule has 90 valence electrons. The molecule has 0 aromatic heterocycles. The van der Waals surface area contributed by atoms with Gasteiger partial charge in [-0.05, 0) is 24.6 Å². The van der Waals surface area contributed by atoms with Crippen molar-refractivity contribution in [2.75, 3.05) is 18.5 Å². The first-order chi connectivity index (χ1) is 8.15. The zero-order chi connectivity index (χ0) is 12.3. The Morgan fingerprint density at radius 3 is 3.00 bits per heavy atom. The molecule has 0 aliphatic carbocycles. The highest BCUT2D eigenvalue weighted by molar-refractivity contribution is 5.82. The van der Waals surface area contributed by atoms with Gasteiger partial charge in [-0.15, -0.1) is 0 Å². The van der Waals surface area contributed by atoms with Crippen LogP contribution in [0.5, 0.6) is 0 Å².